The third-order valence-electron chi connectivity index (χ3n) is 5.20. The topological polar surface area (TPSA) is 73.3 Å². The first-order chi connectivity index (χ1) is 13.3. The van der Waals surface area contributed by atoms with E-state index in [0.717, 1.165) is 6.20 Å². The zero-order valence-corrected chi connectivity index (χ0v) is 16.7. The fourth-order valence-corrected chi connectivity index (χ4v) is 2.76. The number of anilines is 1. The minimum Gasteiger partial charge on any atom is -0.399 e. The van der Waals surface area contributed by atoms with Gasteiger partial charge in [-0.1, -0.05) is 0 Å². The van der Waals surface area contributed by atoms with Crippen LogP contribution >= 0.6 is 0 Å². The van der Waals surface area contributed by atoms with Gasteiger partial charge in [0.1, 0.15) is 5.69 Å². The highest BCUT2D eigenvalue weighted by Gasteiger charge is 2.52. The number of nitrogens with one attached hydrogen (secondary N) is 1. The lowest BCUT2D eigenvalue weighted by molar-refractivity contribution is -0.141. The number of aromatic nitrogens is 2. The summed E-state index contributed by atoms with van der Waals surface area (Å²) in [6.07, 6.45) is -2.26. The molecule has 2 aromatic heterocycles. The average Bonchev–Trinajstić information content (AvgIpc) is 2.83. The van der Waals surface area contributed by atoms with E-state index in [0.29, 0.717) is 22.9 Å². The van der Waals surface area contributed by atoms with E-state index in [1.807, 2.05) is 27.7 Å². The zero-order chi connectivity index (χ0) is 21.6. The Kier molecular flexibility index (Phi) is 5.21. The molecule has 10 heteroatoms. The van der Waals surface area contributed by atoms with E-state index in [-0.39, 0.29) is 5.56 Å². The summed E-state index contributed by atoms with van der Waals surface area (Å²) in [5.74, 6) is -0.705. The first-order valence-electron chi connectivity index (χ1n) is 8.97. The van der Waals surface area contributed by atoms with Crippen LogP contribution in [0, 0.1) is 6.92 Å². The second kappa shape index (κ2) is 7.10. The van der Waals surface area contributed by atoms with E-state index in [1.54, 1.807) is 13.0 Å². The molecule has 6 nitrogen and oxygen atoms in total. The molecule has 1 amide bonds. The van der Waals surface area contributed by atoms with Crippen LogP contribution in [0.4, 0.5) is 18.9 Å². The Morgan fingerprint density at radius 3 is 2.31 bits per heavy atom. The summed E-state index contributed by atoms with van der Waals surface area (Å²) in [4.78, 5) is 19.9. The van der Waals surface area contributed by atoms with Gasteiger partial charge in [0.15, 0.2) is 0 Å². The average molecular weight is 407 g/mol. The number of nitrogens with zero attached hydrogens (tertiary/aromatic N) is 2. The Morgan fingerprint density at radius 1 is 1.10 bits per heavy atom. The van der Waals surface area contributed by atoms with Crippen LogP contribution in [0.15, 0.2) is 30.6 Å². The summed E-state index contributed by atoms with van der Waals surface area (Å²) >= 11 is 0. The molecular weight excluding hydrogens is 386 g/mol. The molecule has 154 valence electrons. The molecule has 1 aliphatic rings. The molecular formula is C19H21BF3N3O3. The van der Waals surface area contributed by atoms with Gasteiger partial charge in [-0.15, -0.1) is 0 Å². The lowest BCUT2D eigenvalue weighted by Gasteiger charge is -2.32. The molecule has 1 aliphatic heterocycles. The van der Waals surface area contributed by atoms with Crippen molar-refractivity contribution in [1.82, 2.24) is 9.97 Å². The number of carbonyl (C=O) groups excluding carboxylic acids is 1. The van der Waals surface area contributed by atoms with Gasteiger partial charge in [-0.2, -0.15) is 13.2 Å². The first-order valence-corrected chi connectivity index (χ1v) is 8.97. The van der Waals surface area contributed by atoms with Crippen molar-refractivity contribution in [1.29, 1.82) is 0 Å². The zero-order valence-electron chi connectivity index (χ0n) is 16.7. The molecule has 2 aromatic rings. The molecule has 0 bridgehead atoms. The summed E-state index contributed by atoms with van der Waals surface area (Å²) in [5.41, 5.74) is -0.786. The van der Waals surface area contributed by atoms with Crippen molar-refractivity contribution in [3.8, 4) is 0 Å². The Hall–Kier alpha value is -2.46. The third-order valence-corrected chi connectivity index (χ3v) is 5.20. The van der Waals surface area contributed by atoms with E-state index in [2.05, 4.69) is 15.3 Å². The maximum atomic E-state index is 12.8. The van der Waals surface area contributed by atoms with E-state index < -0.39 is 36.1 Å². The summed E-state index contributed by atoms with van der Waals surface area (Å²) in [6, 6.07) is 3.56. The van der Waals surface area contributed by atoms with Crippen LogP contribution in [0.1, 0.15) is 49.4 Å². The minimum atomic E-state index is -4.63. The van der Waals surface area contributed by atoms with Crippen LogP contribution in [-0.2, 0) is 15.5 Å². The van der Waals surface area contributed by atoms with E-state index in [1.165, 1.54) is 12.3 Å². The van der Waals surface area contributed by atoms with Gasteiger partial charge >= 0.3 is 13.3 Å². The van der Waals surface area contributed by atoms with Crippen molar-refractivity contribution in [2.45, 2.75) is 52.0 Å². The van der Waals surface area contributed by atoms with Crippen molar-refractivity contribution in [2.24, 2.45) is 0 Å². The SMILES string of the molecule is Cc1ncc(NC(=O)c2ccnc(C(F)(F)F)c2)cc1B1OC(C)(C)C(C)(C)O1. The van der Waals surface area contributed by atoms with Gasteiger partial charge < -0.3 is 14.6 Å². The fourth-order valence-electron chi connectivity index (χ4n) is 2.76. The number of alkyl halides is 3. The molecule has 0 aliphatic carbocycles. The largest absolute Gasteiger partial charge is 0.496 e. The van der Waals surface area contributed by atoms with E-state index >= 15 is 0 Å². The maximum Gasteiger partial charge on any atom is 0.496 e. The monoisotopic (exact) mass is 407 g/mol. The van der Waals surface area contributed by atoms with Crippen LogP contribution in [0.5, 0.6) is 0 Å². The van der Waals surface area contributed by atoms with E-state index in [9.17, 15) is 18.0 Å². The van der Waals surface area contributed by atoms with Crippen LogP contribution in [0.25, 0.3) is 0 Å². The van der Waals surface area contributed by atoms with E-state index in [4.69, 9.17) is 9.31 Å². The van der Waals surface area contributed by atoms with Gasteiger partial charge in [-0.05, 0) is 52.8 Å². The molecule has 3 heterocycles. The Balaban J connectivity index is 1.83. The predicted molar refractivity (Wildman–Crippen MR) is 102 cm³/mol. The van der Waals surface area contributed by atoms with Crippen LogP contribution < -0.4 is 10.8 Å². The maximum absolute atomic E-state index is 12.8. The lowest BCUT2D eigenvalue weighted by atomic mass is 9.78. The number of halogens is 3. The third kappa shape index (κ3) is 4.28. The highest BCUT2D eigenvalue weighted by atomic mass is 19.4. The Morgan fingerprint density at radius 2 is 1.72 bits per heavy atom. The number of hydrogen-bond donors (Lipinski definition) is 1. The highest BCUT2D eigenvalue weighted by Crippen LogP contribution is 2.36. The quantitative estimate of drug-likeness (QED) is 0.791. The first kappa shape index (κ1) is 21.3. The lowest BCUT2D eigenvalue weighted by Crippen LogP contribution is -2.41. The molecule has 0 radical (unpaired) electrons. The van der Waals surface area contributed by atoms with Crippen molar-refractivity contribution in [2.75, 3.05) is 5.32 Å². The Labute approximate surface area is 167 Å². The number of hydrogen-bond acceptors (Lipinski definition) is 5. The van der Waals surface area contributed by atoms with Crippen molar-refractivity contribution >= 4 is 24.2 Å². The number of carbonyl (C=O) groups is 1. The Bertz CT molecular complexity index is 932. The fraction of sp³-hybridized carbons (Fsp3) is 0.421. The van der Waals surface area contributed by atoms with Gasteiger partial charge in [-0.3, -0.25) is 14.8 Å². The summed E-state index contributed by atoms with van der Waals surface area (Å²) in [6.45, 7) is 9.46. The van der Waals surface area contributed by atoms with Crippen molar-refractivity contribution in [3.63, 3.8) is 0 Å². The second-order valence-corrected chi connectivity index (χ2v) is 7.87. The molecule has 1 N–H and O–H groups in total. The number of aryl methyl sites for hydroxylation is 1. The molecule has 0 atom stereocenters. The number of rotatable bonds is 3. The van der Waals surface area contributed by atoms with Gasteiger partial charge in [0.05, 0.1) is 23.1 Å². The normalized spacial score (nSPS) is 18.0. The molecule has 1 saturated heterocycles. The summed E-state index contributed by atoms with van der Waals surface area (Å²) in [7, 11) is -0.679. The van der Waals surface area contributed by atoms with Crippen molar-refractivity contribution in [3.05, 3.63) is 47.5 Å². The molecule has 1 fully saturated rings. The van der Waals surface area contributed by atoms with Crippen molar-refractivity contribution < 1.29 is 27.3 Å². The second-order valence-electron chi connectivity index (χ2n) is 7.87. The molecule has 3 rings (SSSR count). The van der Waals surface area contributed by atoms with Crippen LogP contribution in [-0.4, -0.2) is 34.2 Å². The summed E-state index contributed by atoms with van der Waals surface area (Å²) < 4.78 is 50.5. The predicted octanol–water partition coefficient (Wildman–Crippen LogP) is 3.36. The molecule has 0 unspecified atom stereocenters. The molecule has 0 saturated carbocycles. The number of amides is 1. The smallest absolute Gasteiger partial charge is 0.399 e. The van der Waals surface area contributed by atoms with Gasteiger partial charge in [0.25, 0.3) is 5.91 Å². The van der Waals surface area contributed by atoms with Gasteiger partial charge in [0.2, 0.25) is 0 Å². The number of pyridine rings is 2. The molecule has 0 spiro atoms. The standard InChI is InChI=1S/C19H21BF3N3O3/c1-11-14(20-28-17(2,3)18(4,5)29-20)9-13(10-25-11)26-16(27)12-6-7-24-15(8-12)19(21,22)23/h6-10H,1-5H3,(H,26,27). The minimum absolute atomic E-state index is 0.162. The van der Waals surface area contributed by atoms with Crippen LogP contribution in [0.3, 0.4) is 0 Å². The highest BCUT2D eigenvalue weighted by molar-refractivity contribution is 6.62. The summed E-state index contributed by atoms with van der Waals surface area (Å²) in [5, 5.41) is 2.56. The van der Waals surface area contributed by atoms with Gasteiger partial charge in [0, 0.05) is 22.9 Å². The van der Waals surface area contributed by atoms with Crippen LogP contribution in [0.2, 0.25) is 0 Å². The van der Waals surface area contributed by atoms with Gasteiger partial charge in [-0.25, -0.2) is 0 Å². The molecule has 29 heavy (non-hydrogen) atoms. The molecule has 0 aromatic carbocycles.